The lowest BCUT2D eigenvalue weighted by molar-refractivity contribution is -0.384. The van der Waals surface area contributed by atoms with Crippen molar-refractivity contribution in [1.29, 1.82) is 0 Å². The SMILES string of the molecule is CNc1ncc([N+](=O)[O-])c(Nc2cc(Cl)ccc2OC)n1. The zero-order valence-electron chi connectivity index (χ0n) is 11.3. The predicted molar refractivity (Wildman–Crippen MR) is 79.5 cm³/mol. The fourth-order valence-electron chi connectivity index (χ4n) is 1.63. The van der Waals surface area contributed by atoms with Crippen molar-refractivity contribution in [3.8, 4) is 5.75 Å². The third kappa shape index (κ3) is 3.29. The molecule has 0 radical (unpaired) electrons. The van der Waals surface area contributed by atoms with E-state index in [2.05, 4.69) is 20.6 Å². The Balaban J connectivity index is 2.47. The van der Waals surface area contributed by atoms with Crippen LogP contribution in [0.1, 0.15) is 0 Å². The molecule has 0 saturated heterocycles. The lowest BCUT2D eigenvalue weighted by atomic mass is 10.3. The minimum atomic E-state index is -0.571. The van der Waals surface area contributed by atoms with Crippen LogP contribution in [-0.4, -0.2) is 29.0 Å². The summed E-state index contributed by atoms with van der Waals surface area (Å²) in [7, 11) is 3.10. The number of aromatic nitrogens is 2. The van der Waals surface area contributed by atoms with E-state index < -0.39 is 4.92 Å². The molecule has 8 nitrogen and oxygen atoms in total. The molecule has 2 rings (SSSR count). The minimum Gasteiger partial charge on any atom is -0.495 e. The summed E-state index contributed by atoms with van der Waals surface area (Å²) in [5.41, 5.74) is 0.213. The van der Waals surface area contributed by atoms with Crippen molar-refractivity contribution in [1.82, 2.24) is 9.97 Å². The summed E-state index contributed by atoms with van der Waals surface area (Å²) in [6.07, 6.45) is 1.12. The van der Waals surface area contributed by atoms with E-state index in [-0.39, 0.29) is 17.5 Å². The van der Waals surface area contributed by atoms with Crippen LogP contribution >= 0.6 is 11.6 Å². The van der Waals surface area contributed by atoms with Crippen LogP contribution in [0.15, 0.2) is 24.4 Å². The number of methoxy groups -OCH3 is 1. The van der Waals surface area contributed by atoms with Gasteiger partial charge >= 0.3 is 5.69 Å². The summed E-state index contributed by atoms with van der Waals surface area (Å²) in [5, 5.41) is 17.1. The van der Waals surface area contributed by atoms with Gasteiger partial charge in [-0.2, -0.15) is 4.98 Å². The highest BCUT2D eigenvalue weighted by molar-refractivity contribution is 6.31. The van der Waals surface area contributed by atoms with Crippen LogP contribution in [0, 0.1) is 10.1 Å². The van der Waals surface area contributed by atoms with Gasteiger partial charge in [-0.25, -0.2) is 4.98 Å². The topological polar surface area (TPSA) is 102 Å². The standard InChI is InChI=1S/C12H12ClN5O3/c1-14-12-15-6-9(18(19)20)11(17-12)16-8-5-7(13)3-4-10(8)21-2/h3-6H,1-2H3,(H2,14,15,16,17). The second kappa shape index (κ2) is 6.23. The largest absolute Gasteiger partial charge is 0.495 e. The van der Waals surface area contributed by atoms with Gasteiger partial charge in [0.05, 0.1) is 17.7 Å². The van der Waals surface area contributed by atoms with E-state index in [0.29, 0.717) is 16.5 Å². The van der Waals surface area contributed by atoms with E-state index in [1.54, 1.807) is 25.2 Å². The molecule has 1 aromatic heterocycles. The van der Waals surface area contributed by atoms with Crippen LogP contribution in [-0.2, 0) is 0 Å². The van der Waals surface area contributed by atoms with Gasteiger partial charge in [-0.3, -0.25) is 10.1 Å². The number of ether oxygens (including phenoxy) is 1. The highest BCUT2D eigenvalue weighted by Gasteiger charge is 2.18. The Kier molecular flexibility index (Phi) is 4.39. The van der Waals surface area contributed by atoms with Gasteiger partial charge in [0.2, 0.25) is 11.8 Å². The molecule has 0 fully saturated rings. The molecule has 0 bridgehead atoms. The molecule has 0 spiro atoms. The molecular formula is C12H12ClN5O3. The Labute approximate surface area is 125 Å². The number of nitrogens with zero attached hydrogens (tertiary/aromatic N) is 3. The average Bonchev–Trinajstić information content (AvgIpc) is 2.47. The zero-order chi connectivity index (χ0) is 15.4. The number of anilines is 3. The molecule has 0 aliphatic heterocycles. The fraction of sp³-hybridized carbons (Fsp3) is 0.167. The van der Waals surface area contributed by atoms with Gasteiger partial charge in [0.25, 0.3) is 0 Å². The van der Waals surface area contributed by atoms with Crippen molar-refractivity contribution in [2.24, 2.45) is 0 Å². The maximum absolute atomic E-state index is 11.0. The average molecular weight is 310 g/mol. The van der Waals surface area contributed by atoms with Crippen molar-refractivity contribution in [3.63, 3.8) is 0 Å². The number of benzene rings is 1. The molecule has 9 heteroatoms. The van der Waals surface area contributed by atoms with Gasteiger partial charge in [0.15, 0.2) is 0 Å². The van der Waals surface area contributed by atoms with Gasteiger partial charge in [-0.15, -0.1) is 0 Å². The first-order valence-electron chi connectivity index (χ1n) is 5.85. The Hall–Kier alpha value is -2.61. The maximum Gasteiger partial charge on any atom is 0.329 e. The molecule has 1 heterocycles. The van der Waals surface area contributed by atoms with Crippen molar-refractivity contribution >= 4 is 34.7 Å². The molecule has 2 aromatic rings. The molecule has 0 atom stereocenters. The van der Waals surface area contributed by atoms with Gasteiger partial charge in [-0.1, -0.05) is 11.6 Å². The van der Waals surface area contributed by atoms with Crippen LogP contribution in [0.25, 0.3) is 0 Å². The van der Waals surface area contributed by atoms with Crippen molar-refractivity contribution in [2.75, 3.05) is 24.8 Å². The summed E-state index contributed by atoms with van der Waals surface area (Å²) in [5.74, 6) is 0.780. The van der Waals surface area contributed by atoms with Gasteiger partial charge in [0.1, 0.15) is 11.9 Å². The number of nitrogens with one attached hydrogen (secondary N) is 2. The van der Waals surface area contributed by atoms with E-state index in [9.17, 15) is 10.1 Å². The van der Waals surface area contributed by atoms with Crippen molar-refractivity contribution in [2.45, 2.75) is 0 Å². The molecule has 1 aromatic carbocycles. The van der Waals surface area contributed by atoms with E-state index in [4.69, 9.17) is 16.3 Å². The van der Waals surface area contributed by atoms with E-state index >= 15 is 0 Å². The Bertz CT molecular complexity index is 680. The molecule has 0 aliphatic carbocycles. The van der Waals surface area contributed by atoms with Crippen LogP contribution in [0.5, 0.6) is 5.75 Å². The highest BCUT2D eigenvalue weighted by Crippen LogP contribution is 2.33. The molecule has 110 valence electrons. The normalized spacial score (nSPS) is 10.0. The van der Waals surface area contributed by atoms with Gasteiger partial charge < -0.3 is 15.4 Å². The van der Waals surface area contributed by atoms with Gasteiger partial charge in [-0.05, 0) is 18.2 Å². The van der Waals surface area contributed by atoms with Crippen LogP contribution in [0.4, 0.5) is 23.1 Å². The first-order valence-corrected chi connectivity index (χ1v) is 6.22. The third-order valence-corrected chi connectivity index (χ3v) is 2.84. The van der Waals surface area contributed by atoms with E-state index in [0.717, 1.165) is 6.20 Å². The van der Waals surface area contributed by atoms with Crippen LogP contribution in [0.2, 0.25) is 5.02 Å². The van der Waals surface area contributed by atoms with Crippen LogP contribution < -0.4 is 15.4 Å². The lowest BCUT2D eigenvalue weighted by Crippen LogP contribution is -2.05. The minimum absolute atomic E-state index is 0.0416. The Morgan fingerprint density at radius 1 is 1.43 bits per heavy atom. The van der Waals surface area contributed by atoms with Crippen molar-refractivity contribution < 1.29 is 9.66 Å². The second-order valence-electron chi connectivity index (χ2n) is 3.90. The maximum atomic E-state index is 11.0. The van der Waals surface area contributed by atoms with E-state index in [1.165, 1.54) is 7.11 Å². The molecular weight excluding hydrogens is 298 g/mol. The molecule has 2 N–H and O–H groups in total. The number of rotatable bonds is 5. The summed E-state index contributed by atoms with van der Waals surface area (Å²) in [4.78, 5) is 18.3. The molecule has 0 amide bonds. The van der Waals surface area contributed by atoms with Crippen LogP contribution in [0.3, 0.4) is 0 Å². The quantitative estimate of drug-likeness (QED) is 0.646. The molecule has 0 unspecified atom stereocenters. The monoisotopic (exact) mass is 309 g/mol. The summed E-state index contributed by atoms with van der Waals surface area (Å²) < 4.78 is 5.18. The first-order chi connectivity index (χ1) is 10.0. The number of nitro groups is 1. The van der Waals surface area contributed by atoms with E-state index in [1.807, 2.05) is 0 Å². The Morgan fingerprint density at radius 3 is 2.81 bits per heavy atom. The summed E-state index contributed by atoms with van der Waals surface area (Å²) in [6, 6.07) is 4.89. The van der Waals surface area contributed by atoms with Crippen molar-refractivity contribution in [3.05, 3.63) is 39.5 Å². The highest BCUT2D eigenvalue weighted by atomic mass is 35.5. The number of halogens is 1. The molecule has 0 aliphatic rings. The number of hydrogen-bond acceptors (Lipinski definition) is 7. The predicted octanol–water partition coefficient (Wildman–Crippen LogP) is 2.83. The molecule has 0 saturated carbocycles. The Morgan fingerprint density at radius 2 is 2.19 bits per heavy atom. The zero-order valence-corrected chi connectivity index (χ0v) is 12.0. The third-order valence-electron chi connectivity index (χ3n) is 2.60. The summed E-state index contributed by atoms with van der Waals surface area (Å²) >= 11 is 5.93. The fourth-order valence-corrected chi connectivity index (χ4v) is 1.80. The van der Waals surface area contributed by atoms with Gasteiger partial charge in [0, 0.05) is 12.1 Å². The second-order valence-corrected chi connectivity index (χ2v) is 4.34. The number of hydrogen-bond donors (Lipinski definition) is 2. The first kappa shape index (κ1) is 14.8. The summed E-state index contributed by atoms with van der Waals surface area (Å²) in [6.45, 7) is 0. The lowest BCUT2D eigenvalue weighted by Gasteiger charge is -2.11. The smallest absolute Gasteiger partial charge is 0.329 e. The molecule has 21 heavy (non-hydrogen) atoms.